The minimum atomic E-state index is -0.321. The number of benzene rings is 2. The minimum Gasteiger partial charge on any atom is -0.326 e. The molecule has 2 aromatic rings. The molecule has 0 atom stereocenters. The summed E-state index contributed by atoms with van der Waals surface area (Å²) < 4.78 is 12.9. The molecule has 0 bridgehead atoms. The van der Waals surface area contributed by atoms with Gasteiger partial charge in [-0.2, -0.15) is 0 Å². The first-order valence-electron chi connectivity index (χ1n) is 7.82. The average Bonchev–Trinajstić information content (AvgIpc) is 2.49. The Morgan fingerprint density at radius 3 is 2.62 bits per heavy atom. The molecule has 5 heteroatoms. The van der Waals surface area contributed by atoms with Crippen LogP contribution in [0.1, 0.15) is 31.4 Å². The van der Waals surface area contributed by atoms with E-state index in [1.54, 1.807) is 18.2 Å². The van der Waals surface area contributed by atoms with Crippen molar-refractivity contribution >= 4 is 23.2 Å². The second-order valence-electron chi connectivity index (χ2n) is 6.72. The van der Waals surface area contributed by atoms with E-state index in [0.717, 1.165) is 16.8 Å². The van der Waals surface area contributed by atoms with Crippen LogP contribution in [-0.2, 0) is 21.4 Å². The first kappa shape index (κ1) is 16.2. The number of carbonyl (C=O) groups excluding carboxylic acids is 2. The highest BCUT2D eigenvalue weighted by atomic mass is 19.1. The van der Waals surface area contributed by atoms with Crippen LogP contribution >= 0.6 is 0 Å². The van der Waals surface area contributed by atoms with Crippen molar-refractivity contribution in [1.82, 2.24) is 0 Å². The summed E-state index contributed by atoms with van der Waals surface area (Å²) in [5.74, 6) is -0.488. The number of carbonyl (C=O) groups is 2. The molecule has 0 spiro atoms. The Kier molecular flexibility index (Phi) is 4.09. The molecule has 24 heavy (non-hydrogen) atoms. The normalized spacial score (nSPS) is 15.4. The molecular weight excluding hydrogens is 307 g/mol. The van der Waals surface area contributed by atoms with E-state index >= 15 is 0 Å². The molecule has 124 valence electrons. The molecule has 1 aliphatic rings. The van der Waals surface area contributed by atoms with Crippen LogP contribution in [0.3, 0.4) is 0 Å². The zero-order valence-electron chi connectivity index (χ0n) is 13.7. The number of rotatable bonds is 3. The Morgan fingerprint density at radius 1 is 1.21 bits per heavy atom. The maximum atomic E-state index is 12.9. The molecule has 0 fully saturated rings. The number of fused-ring (bicyclic) bond motifs is 1. The van der Waals surface area contributed by atoms with E-state index in [0.29, 0.717) is 12.1 Å². The van der Waals surface area contributed by atoms with Gasteiger partial charge in [0, 0.05) is 23.2 Å². The summed E-state index contributed by atoms with van der Waals surface area (Å²) in [5.41, 5.74) is 2.94. The lowest BCUT2D eigenvalue weighted by atomic mass is 9.78. The highest BCUT2D eigenvalue weighted by Gasteiger charge is 2.32. The molecule has 1 heterocycles. The third kappa shape index (κ3) is 3.45. The summed E-state index contributed by atoms with van der Waals surface area (Å²) in [6.45, 7) is 4.02. The van der Waals surface area contributed by atoms with Crippen LogP contribution in [0, 0.1) is 5.82 Å². The zero-order valence-corrected chi connectivity index (χ0v) is 13.7. The number of hydrogen-bond donors (Lipinski definition) is 2. The molecule has 3 rings (SSSR count). The van der Waals surface area contributed by atoms with Crippen molar-refractivity contribution in [2.75, 3.05) is 10.6 Å². The molecule has 2 aromatic carbocycles. The van der Waals surface area contributed by atoms with Gasteiger partial charge in [0.15, 0.2) is 0 Å². The van der Waals surface area contributed by atoms with Gasteiger partial charge in [-0.05, 0) is 41.5 Å². The zero-order chi connectivity index (χ0) is 17.3. The fraction of sp³-hybridized carbons (Fsp3) is 0.263. The van der Waals surface area contributed by atoms with Gasteiger partial charge in [-0.1, -0.05) is 26.0 Å². The monoisotopic (exact) mass is 326 g/mol. The van der Waals surface area contributed by atoms with Gasteiger partial charge in [-0.15, -0.1) is 0 Å². The molecule has 0 aromatic heterocycles. The Bertz CT molecular complexity index is 798. The largest absolute Gasteiger partial charge is 0.326 e. The van der Waals surface area contributed by atoms with E-state index in [9.17, 15) is 14.0 Å². The van der Waals surface area contributed by atoms with Crippen LogP contribution in [0.2, 0.25) is 0 Å². The summed E-state index contributed by atoms with van der Waals surface area (Å²) in [6, 6.07) is 11.3. The van der Waals surface area contributed by atoms with Crippen molar-refractivity contribution < 1.29 is 14.0 Å². The second kappa shape index (κ2) is 6.07. The lowest BCUT2D eigenvalue weighted by Crippen LogP contribution is -2.32. The molecule has 4 nitrogen and oxygen atoms in total. The molecule has 2 amide bonds. The molecule has 0 aliphatic carbocycles. The topological polar surface area (TPSA) is 58.2 Å². The molecule has 0 unspecified atom stereocenters. The van der Waals surface area contributed by atoms with E-state index in [4.69, 9.17) is 0 Å². The van der Waals surface area contributed by atoms with Crippen molar-refractivity contribution in [3.63, 3.8) is 0 Å². The number of hydrogen-bond acceptors (Lipinski definition) is 2. The van der Waals surface area contributed by atoms with Crippen LogP contribution in [0.4, 0.5) is 15.8 Å². The molecule has 0 radical (unpaired) electrons. The Balaban J connectivity index is 1.75. The van der Waals surface area contributed by atoms with Crippen molar-refractivity contribution in [2.24, 2.45) is 0 Å². The van der Waals surface area contributed by atoms with Gasteiger partial charge in [0.2, 0.25) is 11.8 Å². The molecular formula is C19H19FN2O2. The fourth-order valence-electron chi connectivity index (χ4n) is 2.97. The summed E-state index contributed by atoms with van der Waals surface area (Å²) in [5, 5.41) is 5.71. The third-order valence-corrected chi connectivity index (χ3v) is 4.19. The highest BCUT2D eigenvalue weighted by molar-refractivity contribution is 5.97. The second-order valence-corrected chi connectivity index (χ2v) is 6.72. The van der Waals surface area contributed by atoms with Crippen molar-refractivity contribution in [1.29, 1.82) is 0 Å². The minimum absolute atomic E-state index is 0.000551. The van der Waals surface area contributed by atoms with E-state index < -0.39 is 0 Å². The number of nitrogens with one attached hydrogen (secondary N) is 2. The summed E-state index contributed by atoms with van der Waals surface area (Å²) in [7, 11) is 0. The van der Waals surface area contributed by atoms with Gasteiger partial charge in [0.05, 0.1) is 6.42 Å². The summed E-state index contributed by atoms with van der Waals surface area (Å²) in [6.07, 6.45) is 0.588. The number of anilines is 2. The van der Waals surface area contributed by atoms with Crippen molar-refractivity contribution in [2.45, 2.75) is 32.1 Å². The molecule has 1 aliphatic heterocycles. The number of amides is 2. The summed E-state index contributed by atoms with van der Waals surface area (Å²) >= 11 is 0. The van der Waals surface area contributed by atoms with Crippen LogP contribution in [0.15, 0.2) is 42.5 Å². The van der Waals surface area contributed by atoms with Gasteiger partial charge >= 0.3 is 0 Å². The van der Waals surface area contributed by atoms with Gasteiger partial charge in [-0.25, -0.2) is 4.39 Å². The number of halogens is 1. The van der Waals surface area contributed by atoms with Gasteiger partial charge in [-0.3, -0.25) is 9.59 Å². The lowest BCUT2D eigenvalue weighted by molar-refractivity contribution is -0.117. The predicted octanol–water partition coefficient (Wildman–Crippen LogP) is 3.63. The summed E-state index contributed by atoms with van der Waals surface area (Å²) in [4.78, 5) is 23.9. The van der Waals surface area contributed by atoms with Crippen LogP contribution in [0.25, 0.3) is 0 Å². The maximum Gasteiger partial charge on any atom is 0.228 e. The maximum absolute atomic E-state index is 12.9. The standard InChI is InChI=1S/C19H19FN2O2/c1-19(2)11-18(24)22-16-8-7-14(10-15(16)19)21-17(23)9-12-3-5-13(20)6-4-12/h3-8,10H,9,11H2,1-2H3,(H,21,23)(H,22,24). The molecule has 0 saturated carbocycles. The van der Waals surface area contributed by atoms with Crippen molar-refractivity contribution in [3.8, 4) is 0 Å². The Hall–Kier alpha value is -2.69. The highest BCUT2D eigenvalue weighted by Crippen LogP contribution is 2.38. The fourth-order valence-corrected chi connectivity index (χ4v) is 2.97. The Morgan fingerprint density at radius 2 is 1.92 bits per heavy atom. The SMILES string of the molecule is CC1(C)CC(=O)Nc2ccc(NC(=O)Cc3ccc(F)cc3)cc21. The van der Waals surface area contributed by atoms with Crippen LogP contribution in [0.5, 0.6) is 0 Å². The van der Waals surface area contributed by atoms with E-state index in [1.165, 1.54) is 12.1 Å². The molecule has 2 N–H and O–H groups in total. The lowest BCUT2D eigenvalue weighted by Gasteiger charge is -2.32. The first-order chi connectivity index (χ1) is 11.3. The smallest absolute Gasteiger partial charge is 0.228 e. The Labute approximate surface area is 140 Å². The first-order valence-corrected chi connectivity index (χ1v) is 7.82. The van der Waals surface area contributed by atoms with Gasteiger partial charge < -0.3 is 10.6 Å². The van der Waals surface area contributed by atoms with Crippen molar-refractivity contribution in [3.05, 3.63) is 59.4 Å². The van der Waals surface area contributed by atoms with Gasteiger partial charge in [0.25, 0.3) is 0 Å². The van der Waals surface area contributed by atoms with E-state index in [1.807, 2.05) is 26.0 Å². The predicted molar refractivity (Wildman–Crippen MR) is 91.4 cm³/mol. The van der Waals surface area contributed by atoms with Crippen LogP contribution < -0.4 is 10.6 Å². The van der Waals surface area contributed by atoms with Gasteiger partial charge in [0.1, 0.15) is 5.82 Å². The quantitative estimate of drug-likeness (QED) is 0.905. The average molecular weight is 326 g/mol. The van der Waals surface area contributed by atoms with E-state index in [2.05, 4.69) is 10.6 Å². The third-order valence-electron chi connectivity index (χ3n) is 4.19. The molecule has 0 saturated heterocycles. The van der Waals surface area contributed by atoms with Crippen LogP contribution in [-0.4, -0.2) is 11.8 Å². The van der Waals surface area contributed by atoms with E-state index in [-0.39, 0.29) is 29.5 Å².